The van der Waals surface area contributed by atoms with Gasteiger partial charge in [0.25, 0.3) is 0 Å². The number of rotatable bonds is 3. The van der Waals surface area contributed by atoms with E-state index in [9.17, 15) is 0 Å². The molecule has 0 rings (SSSR count). The summed E-state index contributed by atoms with van der Waals surface area (Å²) < 4.78 is 5.02. The quantitative estimate of drug-likeness (QED) is 0.462. The Morgan fingerprint density at radius 2 is 1.75 bits per heavy atom. The van der Waals surface area contributed by atoms with Crippen LogP contribution >= 0.6 is 0 Å². The molecular formula is C11H22O. The lowest BCUT2D eigenvalue weighted by Crippen LogP contribution is -1.82. The lowest BCUT2D eigenvalue weighted by molar-refractivity contribution is 0.306. The van der Waals surface area contributed by atoms with Gasteiger partial charge in [0.1, 0.15) is 5.76 Å². The fourth-order valence-electron chi connectivity index (χ4n) is 0.569. The van der Waals surface area contributed by atoms with Gasteiger partial charge >= 0.3 is 0 Å². The molecule has 72 valence electrons. The van der Waals surface area contributed by atoms with Gasteiger partial charge in [0.05, 0.1) is 7.11 Å². The molecule has 0 radical (unpaired) electrons. The van der Waals surface area contributed by atoms with Crippen molar-refractivity contribution in [2.45, 2.75) is 34.6 Å². The second kappa shape index (κ2) is 10.3. The van der Waals surface area contributed by atoms with Crippen LogP contribution in [0.2, 0.25) is 0 Å². The Hall–Kier alpha value is -0.720. The van der Waals surface area contributed by atoms with Crippen LogP contribution in [0.15, 0.2) is 24.0 Å². The van der Waals surface area contributed by atoms with Crippen LogP contribution in [0.4, 0.5) is 0 Å². The Balaban J connectivity index is 0. The fraction of sp³-hybridized carbons (Fsp3) is 0.636. The van der Waals surface area contributed by atoms with E-state index in [2.05, 4.69) is 19.9 Å². The minimum Gasteiger partial charge on any atom is -0.497 e. The van der Waals surface area contributed by atoms with Crippen molar-refractivity contribution in [3.63, 3.8) is 0 Å². The van der Waals surface area contributed by atoms with Gasteiger partial charge in [0.2, 0.25) is 0 Å². The summed E-state index contributed by atoms with van der Waals surface area (Å²) in [5, 5.41) is 0. The van der Waals surface area contributed by atoms with Gasteiger partial charge in [-0.3, -0.25) is 0 Å². The lowest BCUT2D eigenvalue weighted by atomic mass is 10.2. The average molecular weight is 170 g/mol. The molecule has 0 atom stereocenters. The highest BCUT2D eigenvalue weighted by Crippen LogP contribution is 2.01. The van der Waals surface area contributed by atoms with Gasteiger partial charge in [-0.1, -0.05) is 33.8 Å². The molecule has 0 aliphatic heterocycles. The first kappa shape index (κ1) is 13.8. The van der Waals surface area contributed by atoms with E-state index in [0.29, 0.717) is 5.92 Å². The maximum Gasteiger partial charge on any atom is 0.114 e. The van der Waals surface area contributed by atoms with Crippen molar-refractivity contribution >= 4 is 0 Å². The first-order valence-corrected chi connectivity index (χ1v) is 4.59. The predicted octanol–water partition coefficient (Wildman–Crippen LogP) is 3.78. The first-order chi connectivity index (χ1) is 5.70. The summed E-state index contributed by atoms with van der Waals surface area (Å²) >= 11 is 0. The molecule has 1 heteroatoms. The molecule has 0 N–H and O–H groups in total. The van der Waals surface area contributed by atoms with Crippen molar-refractivity contribution in [2.75, 3.05) is 7.11 Å². The Morgan fingerprint density at radius 1 is 1.25 bits per heavy atom. The molecule has 0 aliphatic carbocycles. The molecule has 0 saturated heterocycles. The van der Waals surface area contributed by atoms with Crippen molar-refractivity contribution in [2.24, 2.45) is 5.92 Å². The van der Waals surface area contributed by atoms with Crippen LogP contribution in [-0.4, -0.2) is 7.11 Å². The van der Waals surface area contributed by atoms with Gasteiger partial charge in [-0.05, 0) is 25.0 Å². The molecule has 0 bridgehead atoms. The third-order valence-electron chi connectivity index (χ3n) is 1.17. The van der Waals surface area contributed by atoms with Crippen LogP contribution in [0, 0.1) is 5.92 Å². The zero-order valence-electron chi connectivity index (χ0n) is 9.22. The number of ether oxygens (including phenoxy) is 1. The van der Waals surface area contributed by atoms with Crippen molar-refractivity contribution in [3.05, 3.63) is 24.0 Å². The standard InChI is InChI=1S/C9H16O.C2H6/c1-5-9(10-4)7-6-8(2)3;1-2/h5-8H,1-4H3;1-2H3/b7-6-,9-5+;. The zero-order chi connectivity index (χ0) is 9.98. The van der Waals surface area contributed by atoms with Gasteiger partial charge in [0.15, 0.2) is 0 Å². The van der Waals surface area contributed by atoms with Crippen LogP contribution in [0.5, 0.6) is 0 Å². The van der Waals surface area contributed by atoms with Crippen LogP contribution in [0.25, 0.3) is 0 Å². The van der Waals surface area contributed by atoms with Crippen LogP contribution in [0.1, 0.15) is 34.6 Å². The molecule has 0 heterocycles. The Kier molecular flexibility index (Phi) is 11.9. The molecular weight excluding hydrogens is 148 g/mol. The summed E-state index contributed by atoms with van der Waals surface area (Å²) in [7, 11) is 1.68. The van der Waals surface area contributed by atoms with Gasteiger partial charge in [0, 0.05) is 0 Å². The fourth-order valence-corrected chi connectivity index (χ4v) is 0.569. The second-order valence-corrected chi connectivity index (χ2v) is 2.50. The summed E-state index contributed by atoms with van der Waals surface area (Å²) in [5.74, 6) is 1.51. The van der Waals surface area contributed by atoms with Crippen LogP contribution in [-0.2, 0) is 4.74 Å². The summed E-state index contributed by atoms with van der Waals surface area (Å²) in [4.78, 5) is 0. The van der Waals surface area contributed by atoms with E-state index in [4.69, 9.17) is 4.74 Å². The monoisotopic (exact) mass is 170 g/mol. The number of hydrogen-bond acceptors (Lipinski definition) is 1. The number of allylic oxidation sites excluding steroid dienone is 3. The summed E-state index contributed by atoms with van der Waals surface area (Å²) in [6.45, 7) is 10.2. The largest absolute Gasteiger partial charge is 0.497 e. The molecule has 0 aromatic heterocycles. The first-order valence-electron chi connectivity index (χ1n) is 4.59. The Bertz CT molecular complexity index is 132. The van der Waals surface area contributed by atoms with E-state index in [0.717, 1.165) is 5.76 Å². The van der Waals surface area contributed by atoms with Crippen LogP contribution < -0.4 is 0 Å². The summed E-state index contributed by atoms with van der Waals surface area (Å²) in [6, 6.07) is 0. The highest BCUT2D eigenvalue weighted by Gasteiger charge is 1.86. The highest BCUT2D eigenvalue weighted by atomic mass is 16.5. The molecule has 0 aromatic rings. The van der Waals surface area contributed by atoms with Crippen molar-refractivity contribution < 1.29 is 4.74 Å². The topological polar surface area (TPSA) is 9.23 Å². The van der Waals surface area contributed by atoms with Crippen molar-refractivity contribution in [1.29, 1.82) is 0 Å². The third kappa shape index (κ3) is 9.28. The van der Waals surface area contributed by atoms with Gasteiger partial charge in [-0.2, -0.15) is 0 Å². The van der Waals surface area contributed by atoms with E-state index in [1.54, 1.807) is 7.11 Å². The molecule has 0 spiro atoms. The highest BCUT2D eigenvalue weighted by molar-refractivity contribution is 5.11. The lowest BCUT2D eigenvalue weighted by Gasteiger charge is -1.98. The molecule has 0 amide bonds. The van der Waals surface area contributed by atoms with Gasteiger partial charge in [-0.15, -0.1) is 0 Å². The molecule has 12 heavy (non-hydrogen) atoms. The van der Waals surface area contributed by atoms with Crippen molar-refractivity contribution in [1.82, 2.24) is 0 Å². The molecule has 0 unspecified atom stereocenters. The molecule has 1 nitrogen and oxygen atoms in total. The minimum atomic E-state index is 0.588. The van der Waals surface area contributed by atoms with E-state index in [-0.39, 0.29) is 0 Å². The predicted molar refractivity (Wildman–Crippen MR) is 56.1 cm³/mol. The van der Waals surface area contributed by atoms with E-state index >= 15 is 0 Å². The Labute approximate surface area is 77.1 Å². The maximum atomic E-state index is 5.02. The third-order valence-corrected chi connectivity index (χ3v) is 1.17. The Morgan fingerprint density at radius 3 is 2.00 bits per heavy atom. The van der Waals surface area contributed by atoms with Gasteiger partial charge < -0.3 is 4.74 Å². The van der Waals surface area contributed by atoms with Crippen molar-refractivity contribution in [3.8, 4) is 0 Å². The average Bonchev–Trinajstić information content (AvgIpc) is 2.09. The van der Waals surface area contributed by atoms with E-state index in [1.807, 2.05) is 32.9 Å². The maximum absolute atomic E-state index is 5.02. The smallest absolute Gasteiger partial charge is 0.114 e. The minimum absolute atomic E-state index is 0.588. The second-order valence-electron chi connectivity index (χ2n) is 2.50. The molecule has 0 aromatic carbocycles. The molecule has 0 saturated carbocycles. The van der Waals surface area contributed by atoms with E-state index in [1.165, 1.54) is 0 Å². The SMILES string of the molecule is C/C=C(\C=C/C(C)C)OC.CC. The van der Waals surface area contributed by atoms with E-state index < -0.39 is 0 Å². The zero-order valence-corrected chi connectivity index (χ0v) is 9.22. The molecule has 0 fully saturated rings. The molecule has 0 aliphatic rings. The van der Waals surface area contributed by atoms with Crippen LogP contribution in [0.3, 0.4) is 0 Å². The summed E-state index contributed by atoms with van der Waals surface area (Å²) in [5.41, 5.74) is 0. The summed E-state index contributed by atoms with van der Waals surface area (Å²) in [6.07, 6.45) is 6.04. The number of hydrogen-bond donors (Lipinski definition) is 0. The van der Waals surface area contributed by atoms with Gasteiger partial charge in [-0.25, -0.2) is 0 Å². The normalized spacial score (nSPS) is 11.4. The number of methoxy groups -OCH3 is 1.